The van der Waals surface area contributed by atoms with E-state index < -0.39 is 0 Å². The molecule has 0 aromatic carbocycles. The van der Waals surface area contributed by atoms with Crippen molar-refractivity contribution in [2.75, 3.05) is 0 Å². The Morgan fingerprint density at radius 3 is 2.58 bits per heavy atom. The van der Waals surface area contributed by atoms with Crippen molar-refractivity contribution in [1.82, 2.24) is 0 Å². The van der Waals surface area contributed by atoms with Crippen LogP contribution >= 0.6 is 0 Å². The van der Waals surface area contributed by atoms with Gasteiger partial charge in [0.05, 0.1) is 6.10 Å². The zero-order valence-corrected chi connectivity index (χ0v) is 8.00. The van der Waals surface area contributed by atoms with Gasteiger partial charge in [-0.15, -0.1) is 0 Å². The maximum atomic E-state index is 9.00. The van der Waals surface area contributed by atoms with Gasteiger partial charge in [0.15, 0.2) is 0 Å². The summed E-state index contributed by atoms with van der Waals surface area (Å²) in [6.45, 7) is 1.80. The van der Waals surface area contributed by atoms with Crippen molar-refractivity contribution in [1.29, 1.82) is 0 Å². The fraction of sp³-hybridized carbons (Fsp3) is 0.818. The molecule has 1 saturated carbocycles. The molecule has 0 aromatic heterocycles. The predicted molar refractivity (Wildman–Crippen MR) is 52.0 cm³/mol. The average Bonchev–Trinajstić information content (AvgIpc) is 2.05. The molecule has 0 bridgehead atoms. The quantitative estimate of drug-likeness (QED) is 0.642. The van der Waals surface area contributed by atoms with Gasteiger partial charge in [0.25, 0.3) is 0 Å². The molecule has 70 valence electrons. The van der Waals surface area contributed by atoms with Gasteiger partial charge in [0.1, 0.15) is 0 Å². The number of aliphatic hydroxyl groups excluding tert-OH is 1. The Kier molecular flexibility index (Phi) is 4.37. The predicted octanol–water partition coefficient (Wildman–Crippen LogP) is 2.89. The second-order valence-corrected chi connectivity index (χ2v) is 3.91. The fourth-order valence-corrected chi connectivity index (χ4v) is 1.89. The third-order valence-corrected chi connectivity index (χ3v) is 2.61. The van der Waals surface area contributed by atoms with E-state index >= 15 is 0 Å². The molecular formula is C11H20O. The molecule has 0 spiro atoms. The summed E-state index contributed by atoms with van der Waals surface area (Å²) in [7, 11) is 0. The first kappa shape index (κ1) is 9.79. The van der Waals surface area contributed by atoms with E-state index in [0.717, 1.165) is 5.92 Å². The maximum absolute atomic E-state index is 9.00. The Balaban J connectivity index is 2.12. The molecule has 0 aromatic rings. The van der Waals surface area contributed by atoms with Crippen molar-refractivity contribution >= 4 is 0 Å². The third-order valence-electron chi connectivity index (χ3n) is 2.61. The number of hydrogen-bond acceptors (Lipinski definition) is 1. The largest absolute Gasteiger partial charge is 0.389 e. The van der Waals surface area contributed by atoms with Crippen molar-refractivity contribution in [2.24, 2.45) is 5.92 Å². The molecule has 0 radical (unpaired) electrons. The van der Waals surface area contributed by atoms with Crippen LogP contribution in [0.25, 0.3) is 0 Å². The first-order chi connectivity index (χ1) is 5.79. The van der Waals surface area contributed by atoms with E-state index in [1.54, 1.807) is 6.92 Å². The SMILES string of the molecule is CC(O)/C=C\CC1CCCCC1. The molecule has 1 N–H and O–H groups in total. The first-order valence-corrected chi connectivity index (χ1v) is 5.14. The monoisotopic (exact) mass is 168 g/mol. The summed E-state index contributed by atoms with van der Waals surface area (Å²) in [5.41, 5.74) is 0. The van der Waals surface area contributed by atoms with Crippen LogP contribution in [0.4, 0.5) is 0 Å². The maximum Gasteiger partial charge on any atom is 0.0692 e. The molecule has 0 amide bonds. The van der Waals surface area contributed by atoms with E-state index in [-0.39, 0.29) is 6.10 Å². The lowest BCUT2D eigenvalue weighted by Gasteiger charge is -2.19. The van der Waals surface area contributed by atoms with Crippen LogP contribution < -0.4 is 0 Å². The molecule has 1 unspecified atom stereocenters. The summed E-state index contributed by atoms with van der Waals surface area (Å²) in [4.78, 5) is 0. The zero-order valence-electron chi connectivity index (χ0n) is 8.00. The van der Waals surface area contributed by atoms with E-state index in [4.69, 9.17) is 5.11 Å². The molecule has 12 heavy (non-hydrogen) atoms. The molecule has 1 heteroatoms. The molecule has 1 nitrogen and oxygen atoms in total. The first-order valence-electron chi connectivity index (χ1n) is 5.14. The smallest absolute Gasteiger partial charge is 0.0692 e. The van der Waals surface area contributed by atoms with Gasteiger partial charge in [-0.05, 0) is 19.3 Å². The highest BCUT2D eigenvalue weighted by Crippen LogP contribution is 2.26. The fourth-order valence-electron chi connectivity index (χ4n) is 1.89. The van der Waals surface area contributed by atoms with Crippen LogP contribution in [-0.2, 0) is 0 Å². The lowest BCUT2D eigenvalue weighted by molar-refractivity contribution is 0.243. The minimum Gasteiger partial charge on any atom is -0.389 e. The summed E-state index contributed by atoms with van der Waals surface area (Å²) in [6, 6.07) is 0. The Bertz CT molecular complexity index is 132. The zero-order chi connectivity index (χ0) is 8.81. The van der Waals surface area contributed by atoms with E-state index in [9.17, 15) is 0 Å². The molecule has 1 atom stereocenters. The molecule has 1 rings (SSSR count). The Hall–Kier alpha value is -0.300. The van der Waals surface area contributed by atoms with Crippen LogP contribution in [0.2, 0.25) is 0 Å². The molecule has 0 heterocycles. The van der Waals surface area contributed by atoms with Gasteiger partial charge in [0.2, 0.25) is 0 Å². The minimum absolute atomic E-state index is 0.270. The normalized spacial score (nSPS) is 23.2. The van der Waals surface area contributed by atoms with E-state index in [1.807, 2.05) is 6.08 Å². The Labute approximate surface area is 75.5 Å². The van der Waals surface area contributed by atoms with Crippen LogP contribution in [-0.4, -0.2) is 11.2 Å². The van der Waals surface area contributed by atoms with Crippen molar-refractivity contribution in [2.45, 2.75) is 51.6 Å². The molecule has 1 aliphatic carbocycles. The van der Waals surface area contributed by atoms with Crippen molar-refractivity contribution in [3.05, 3.63) is 12.2 Å². The third kappa shape index (κ3) is 3.91. The van der Waals surface area contributed by atoms with Crippen LogP contribution in [0.1, 0.15) is 45.4 Å². The summed E-state index contributed by atoms with van der Waals surface area (Å²) in [5, 5.41) is 9.00. The summed E-state index contributed by atoms with van der Waals surface area (Å²) in [6.07, 6.45) is 12.0. The van der Waals surface area contributed by atoms with Crippen LogP contribution in [0.15, 0.2) is 12.2 Å². The van der Waals surface area contributed by atoms with Gasteiger partial charge in [0, 0.05) is 0 Å². The Morgan fingerprint density at radius 2 is 2.00 bits per heavy atom. The van der Waals surface area contributed by atoms with E-state index in [2.05, 4.69) is 6.08 Å². The molecule has 0 saturated heterocycles. The number of allylic oxidation sites excluding steroid dienone is 1. The summed E-state index contributed by atoms with van der Waals surface area (Å²) in [5.74, 6) is 0.897. The highest BCUT2D eigenvalue weighted by Gasteiger charge is 2.10. The van der Waals surface area contributed by atoms with Crippen molar-refractivity contribution in [3.8, 4) is 0 Å². The lowest BCUT2D eigenvalue weighted by atomic mass is 9.87. The topological polar surface area (TPSA) is 20.2 Å². The summed E-state index contributed by atoms with van der Waals surface area (Å²) >= 11 is 0. The molecule has 1 aliphatic rings. The molecular weight excluding hydrogens is 148 g/mol. The molecule has 0 aliphatic heterocycles. The van der Waals surface area contributed by atoms with Gasteiger partial charge in [-0.1, -0.05) is 44.3 Å². The van der Waals surface area contributed by atoms with E-state index in [0.29, 0.717) is 0 Å². The standard InChI is InChI=1S/C11H20O/c1-10(12)6-5-9-11-7-3-2-4-8-11/h5-6,10-12H,2-4,7-9H2,1H3/b6-5-. The number of rotatable bonds is 3. The minimum atomic E-state index is -0.270. The average molecular weight is 168 g/mol. The van der Waals surface area contributed by atoms with Gasteiger partial charge < -0.3 is 5.11 Å². The van der Waals surface area contributed by atoms with Crippen LogP contribution in [0.3, 0.4) is 0 Å². The van der Waals surface area contributed by atoms with Crippen molar-refractivity contribution in [3.63, 3.8) is 0 Å². The van der Waals surface area contributed by atoms with Crippen LogP contribution in [0, 0.1) is 5.92 Å². The highest BCUT2D eigenvalue weighted by atomic mass is 16.3. The van der Waals surface area contributed by atoms with Gasteiger partial charge in [-0.3, -0.25) is 0 Å². The van der Waals surface area contributed by atoms with Gasteiger partial charge in [-0.25, -0.2) is 0 Å². The van der Waals surface area contributed by atoms with Crippen molar-refractivity contribution < 1.29 is 5.11 Å². The lowest BCUT2D eigenvalue weighted by Crippen LogP contribution is -2.05. The Morgan fingerprint density at radius 1 is 1.33 bits per heavy atom. The second-order valence-electron chi connectivity index (χ2n) is 3.91. The van der Waals surface area contributed by atoms with Gasteiger partial charge in [-0.2, -0.15) is 0 Å². The van der Waals surface area contributed by atoms with Gasteiger partial charge >= 0.3 is 0 Å². The highest BCUT2D eigenvalue weighted by molar-refractivity contribution is 4.88. The van der Waals surface area contributed by atoms with Crippen LogP contribution in [0.5, 0.6) is 0 Å². The summed E-state index contributed by atoms with van der Waals surface area (Å²) < 4.78 is 0. The second kappa shape index (κ2) is 5.36. The van der Waals surface area contributed by atoms with E-state index in [1.165, 1.54) is 38.5 Å². The number of aliphatic hydroxyl groups is 1. The number of hydrogen-bond donors (Lipinski definition) is 1. The molecule has 1 fully saturated rings.